The maximum atomic E-state index is 12.8. The number of carbonyl (C=O) groups is 1. The molecule has 5 nitrogen and oxygen atoms in total. The summed E-state index contributed by atoms with van der Waals surface area (Å²) in [5.41, 5.74) is 2.73. The van der Waals surface area contributed by atoms with Gasteiger partial charge in [0.2, 0.25) is 0 Å². The van der Waals surface area contributed by atoms with Crippen LogP contribution in [0.5, 0.6) is 0 Å². The van der Waals surface area contributed by atoms with E-state index in [4.69, 9.17) is 0 Å². The molecule has 0 saturated heterocycles. The largest absolute Gasteiger partial charge is 0.322 e. The summed E-state index contributed by atoms with van der Waals surface area (Å²) in [4.78, 5) is 13.1. The molecule has 0 radical (unpaired) electrons. The molecule has 0 fully saturated rings. The lowest BCUT2D eigenvalue weighted by Gasteiger charge is -2.12. The molecule has 0 saturated carbocycles. The monoisotopic (exact) mass is 390 g/mol. The van der Waals surface area contributed by atoms with Gasteiger partial charge in [0, 0.05) is 16.8 Å². The zero-order valence-electron chi connectivity index (χ0n) is 15.2. The van der Waals surface area contributed by atoms with Gasteiger partial charge in [-0.25, -0.2) is 8.42 Å². The second kappa shape index (κ2) is 8.07. The number of nitrogens with zero attached hydrogens (tertiary/aromatic N) is 1. The van der Waals surface area contributed by atoms with E-state index in [1.165, 1.54) is 12.1 Å². The number of amides is 1. The normalized spacial score (nSPS) is 10.9. The molecule has 140 valence electrons. The highest BCUT2D eigenvalue weighted by atomic mass is 32.2. The highest BCUT2D eigenvalue weighted by Crippen LogP contribution is 2.27. The Kier molecular flexibility index (Phi) is 5.57. The van der Waals surface area contributed by atoms with Crippen LogP contribution in [0.1, 0.15) is 22.8 Å². The summed E-state index contributed by atoms with van der Waals surface area (Å²) in [5, 5.41) is 12.1. The molecule has 1 amide bonds. The number of hydrogen-bond acceptors (Lipinski definition) is 4. The molecular weight excluding hydrogens is 372 g/mol. The summed E-state index contributed by atoms with van der Waals surface area (Å²) in [5.74, 6) is -0.320. The van der Waals surface area contributed by atoms with Crippen LogP contribution < -0.4 is 5.32 Å². The molecule has 0 aliphatic heterocycles. The molecule has 0 aliphatic carbocycles. The fourth-order valence-electron chi connectivity index (χ4n) is 2.84. The van der Waals surface area contributed by atoms with Gasteiger partial charge >= 0.3 is 0 Å². The van der Waals surface area contributed by atoms with Gasteiger partial charge in [0.15, 0.2) is 9.84 Å². The van der Waals surface area contributed by atoms with Gasteiger partial charge < -0.3 is 5.32 Å². The molecule has 6 heteroatoms. The number of nitrogens with one attached hydrogen (secondary N) is 1. The van der Waals surface area contributed by atoms with Crippen molar-refractivity contribution in [2.45, 2.75) is 11.8 Å². The minimum Gasteiger partial charge on any atom is -0.322 e. The van der Waals surface area contributed by atoms with Crippen LogP contribution in [0.25, 0.3) is 11.1 Å². The third-order valence-electron chi connectivity index (χ3n) is 4.36. The predicted octanol–water partition coefficient (Wildman–Crippen LogP) is 4.27. The van der Waals surface area contributed by atoms with Crippen LogP contribution in [0.3, 0.4) is 0 Å². The Bertz CT molecular complexity index is 1160. The lowest BCUT2D eigenvalue weighted by molar-refractivity contribution is 0.102. The zero-order valence-corrected chi connectivity index (χ0v) is 16.0. The molecule has 0 unspecified atom stereocenters. The predicted molar refractivity (Wildman–Crippen MR) is 109 cm³/mol. The molecule has 28 heavy (non-hydrogen) atoms. The molecule has 0 spiro atoms. The van der Waals surface area contributed by atoms with Gasteiger partial charge in [-0.3, -0.25) is 4.79 Å². The third kappa shape index (κ3) is 3.95. The van der Waals surface area contributed by atoms with Crippen molar-refractivity contribution in [3.05, 3.63) is 83.9 Å². The van der Waals surface area contributed by atoms with Gasteiger partial charge in [0.1, 0.15) is 0 Å². The van der Waals surface area contributed by atoms with Crippen LogP contribution in [0, 0.1) is 11.3 Å². The molecule has 0 atom stereocenters. The Morgan fingerprint density at radius 1 is 0.929 bits per heavy atom. The van der Waals surface area contributed by atoms with Crippen LogP contribution in [0.4, 0.5) is 5.69 Å². The van der Waals surface area contributed by atoms with E-state index in [-0.39, 0.29) is 16.6 Å². The number of sulfone groups is 1. The van der Waals surface area contributed by atoms with E-state index < -0.39 is 9.84 Å². The number of hydrogen-bond donors (Lipinski definition) is 1. The first-order chi connectivity index (χ1) is 13.5. The van der Waals surface area contributed by atoms with Gasteiger partial charge in [-0.2, -0.15) is 5.26 Å². The maximum absolute atomic E-state index is 12.8. The fraction of sp³-hybridized carbons (Fsp3) is 0.0909. The first-order valence-corrected chi connectivity index (χ1v) is 10.3. The summed E-state index contributed by atoms with van der Waals surface area (Å²) in [6, 6.07) is 22.4. The molecular formula is C22H18N2O3S. The average molecular weight is 390 g/mol. The lowest BCUT2D eigenvalue weighted by Crippen LogP contribution is -2.13. The summed E-state index contributed by atoms with van der Waals surface area (Å²) in [6.07, 6.45) is 0. The minimum absolute atomic E-state index is 0.0182. The molecule has 0 aromatic heterocycles. The molecule has 0 bridgehead atoms. The van der Waals surface area contributed by atoms with Gasteiger partial charge in [-0.05, 0) is 42.0 Å². The highest BCUT2D eigenvalue weighted by Gasteiger charge is 2.16. The van der Waals surface area contributed by atoms with Crippen molar-refractivity contribution >= 4 is 21.4 Å². The summed E-state index contributed by atoms with van der Waals surface area (Å²) >= 11 is 0. The van der Waals surface area contributed by atoms with Gasteiger partial charge in [-0.1, -0.05) is 43.3 Å². The van der Waals surface area contributed by atoms with E-state index in [1.54, 1.807) is 55.5 Å². The van der Waals surface area contributed by atoms with E-state index in [9.17, 15) is 18.5 Å². The van der Waals surface area contributed by atoms with E-state index in [1.807, 2.05) is 12.1 Å². The summed E-state index contributed by atoms with van der Waals surface area (Å²) in [6.45, 7) is 1.58. The Morgan fingerprint density at radius 3 is 2.18 bits per heavy atom. The first kappa shape index (κ1) is 19.3. The smallest absolute Gasteiger partial charge is 0.256 e. The van der Waals surface area contributed by atoms with Crippen LogP contribution in [-0.4, -0.2) is 20.1 Å². The standard InChI is InChI=1S/C22H18N2O3S/c1-2-28(26,27)18-13-11-17(12-14-18)24-22(25)21-10-6-5-9-20(21)19-8-4-3-7-16(19)15-23/h3-14H,2H2,1H3,(H,24,25). The Labute approximate surface area is 164 Å². The van der Waals surface area contributed by atoms with E-state index in [2.05, 4.69) is 11.4 Å². The minimum atomic E-state index is -3.29. The van der Waals surface area contributed by atoms with Crippen LogP contribution >= 0.6 is 0 Å². The van der Waals surface area contributed by atoms with E-state index in [0.717, 1.165) is 0 Å². The second-order valence-electron chi connectivity index (χ2n) is 6.08. The van der Waals surface area contributed by atoms with Crippen molar-refractivity contribution < 1.29 is 13.2 Å². The lowest BCUT2D eigenvalue weighted by atomic mass is 9.95. The highest BCUT2D eigenvalue weighted by molar-refractivity contribution is 7.91. The van der Waals surface area contributed by atoms with Gasteiger partial charge in [-0.15, -0.1) is 0 Å². The fourth-order valence-corrected chi connectivity index (χ4v) is 3.73. The van der Waals surface area contributed by atoms with Crippen molar-refractivity contribution in [2.75, 3.05) is 11.1 Å². The molecule has 3 rings (SSSR count). The zero-order chi connectivity index (χ0) is 20.1. The molecule has 1 N–H and O–H groups in total. The molecule has 0 aliphatic rings. The maximum Gasteiger partial charge on any atom is 0.256 e. The first-order valence-electron chi connectivity index (χ1n) is 8.69. The SMILES string of the molecule is CCS(=O)(=O)c1ccc(NC(=O)c2ccccc2-c2ccccc2C#N)cc1. The van der Waals surface area contributed by atoms with Crippen LogP contribution in [0.15, 0.2) is 77.7 Å². The third-order valence-corrected chi connectivity index (χ3v) is 6.11. The van der Waals surface area contributed by atoms with Crippen LogP contribution in [-0.2, 0) is 9.84 Å². The Hall–Kier alpha value is -3.43. The summed E-state index contributed by atoms with van der Waals surface area (Å²) in [7, 11) is -3.29. The van der Waals surface area contributed by atoms with Crippen LogP contribution in [0.2, 0.25) is 0 Å². The van der Waals surface area contributed by atoms with E-state index in [0.29, 0.717) is 27.9 Å². The average Bonchev–Trinajstić information content (AvgIpc) is 2.74. The van der Waals surface area contributed by atoms with Gasteiger partial charge in [0.05, 0.1) is 22.3 Å². The number of carbonyl (C=O) groups excluding carboxylic acids is 1. The number of anilines is 1. The molecule has 0 heterocycles. The number of nitriles is 1. The van der Waals surface area contributed by atoms with Crippen molar-refractivity contribution in [1.29, 1.82) is 5.26 Å². The quantitative estimate of drug-likeness (QED) is 0.705. The summed E-state index contributed by atoms with van der Waals surface area (Å²) < 4.78 is 23.8. The van der Waals surface area contributed by atoms with Crippen molar-refractivity contribution in [3.8, 4) is 17.2 Å². The van der Waals surface area contributed by atoms with Crippen molar-refractivity contribution in [3.63, 3.8) is 0 Å². The van der Waals surface area contributed by atoms with Gasteiger partial charge in [0.25, 0.3) is 5.91 Å². The van der Waals surface area contributed by atoms with E-state index >= 15 is 0 Å². The molecule has 3 aromatic rings. The van der Waals surface area contributed by atoms with Crippen molar-refractivity contribution in [1.82, 2.24) is 0 Å². The Morgan fingerprint density at radius 2 is 1.54 bits per heavy atom. The number of rotatable bonds is 5. The second-order valence-corrected chi connectivity index (χ2v) is 8.36. The molecule has 3 aromatic carbocycles. The topological polar surface area (TPSA) is 87.0 Å². The number of benzene rings is 3. The Balaban J connectivity index is 1.92. The van der Waals surface area contributed by atoms with Crippen molar-refractivity contribution in [2.24, 2.45) is 0 Å².